The Hall–Kier alpha value is -1.22. The van der Waals surface area contributed by atoms with Gasteiger partial charge in [0.1, 0.15) is 0 Å². The van der Waals surface area contributed by atoms with Crippen LogP contribution in [0.5, 0.6) is 11.5 Å². The third-order valence-electron chi connectivity index (χ3n) is 3.74. The quantitative estimate of drug-likeness (QED) is 0.288. The van der Waals surface area contributed by atoms with E-state index in [0.29, 0.717) is 12.4 Å². The normalized spacial score (nSPS) is 11.1. The lowest BCUT2D eigenvalue weighted by Gasteiger charge is -2.19. The first-order valence-electron chi connectivity index (χ1n) is 9.26. The highest BCUT2D eigenvalue weighted by atomic mass is 127. The first-order chi connectivity index (χ1) is 12.2. The molecule has 0 heterocycles. The average Bonchev–Trinajstić information content (AvgIpc) is 2.62. The second-order valence-electron chi connectivity index (χ2n) is 5.62. The summed E-state index contributed by atoms with van der Waals surface area (Å²) >= 11 is 0. The van der Waals surface area contributed by atoms with Crippen LogP contribution >= 0.6 is 24.0 Å². The number of guanidine groups is 1. The Labute approximate surface area is 175 Å². The van der Waals surface area contributed by atoms with E-state index >= 15 is 0 Å². The van der Waals surface area contributed by atoms with Crippen molar-refractivity contribution in [1.29, 1.82) is 0 Å². The van der Waals surface area contributed by atoms with E-state index < -0.39 is 0 Å². The molecule has 0 atom stereocenters. The van der Waals surface area contributed by atoms with E-state index in [4.69, 9.17) is 9.47 Å². The average molecular weight is 478 g/mol. The summed E-state index contributed by atoms with van der Waals surface area (Å²) in [6.07, 6.45) is 1.17. The molecule has 0 saturated carbocycles. The van der Waals surface area contributed by atoms with Crippen LogP contribution in [0, 0.1) is 0 Å². The van der Waals surface area contributed by atoms with Crippen molar-refractivity contribution in [3.8, 4) is 11.5 Å². The monoisotopic (exact) mass is 478 g/mol. The van der Waals surface area contributed by atoms with Crippen molar-refractivity contribution in [1.82, 2.24) is 10.2 Å². The number of benzene rings is 1. The molecule has 0 aliphatic heterocycles. The molecule has 2 N–H and O–H groups in total. The van der Waals surface area contributed by atoms with Crippen molar-refractivity contribution in [2.75, 3.05) is 51.8 Å². The van der Waals surface area contributed by atoms with Gasteiger partial charge in [-0.3, -0.25) is 4.99 Å². The van der Waals surface area contributed by atoms with Crippen molar-refractivity contribution in [2.24, 2.45) is 4.99 Å². The fourth-order valence-corrected chi connectivity index (χ4v) is 2.51. The van der Waals surface area contributed by atoms with E-state index in [9.17, 15) is 0 Å². The summed E-state index contributed by atoms with van der Waals surface area (Å²) in [7, 11) is 1.65. The van der Waals surface area contributed by atoms with Crippen LogP contribution in [0.1, 0.15) is 34.1 Å². The van der Waals surface area contributed by atoms with Crippen molar-refractivity contribution >= 4 is 35.6 Å². The van der Waals surface area contributed by atoms with Crippen molar-refractivity contribution < 1.29 is 9.47 Å². The Balaban J connectivity index is 0.00000625. The summed E-state index contributed by atoms with van der Waals surface area (Å²) in [5.74, 6) is 2.24. The van der Waals surface area contributed by atoms with Gasteiger partial charge in [0, 0.05) is 24.8 Å². The summed E-state index contributed by atoms with van der Waals surface area (Å²) in [5, 5.41) is 6.61. The zero-order chi connectivity index (χ0) is 18.5. The number of nitrogens with zero attached hydrogens (tertiary/aromatic N) is 2. The number of nitrogens with one attached hydrogen (secondary N) is 2. The molecule has 0 saturated heterocycles. The van der Waals surface area contributed by atoms with E-state index in [1.807, 2.05) is 25.1 Å². The van der Waals surface area contributed by atoms with Gasteiger partial charge in [-0.25, -0.2) is 0 Å². The minimum absolute atomic E-state index is 0. The molecule has 0 bridgehead atoms. The highest BCUT2D eigenvalue weighted by Crippen LogP contribution is 2.30. The molecular weight excluding hydrogens is 443 g/mol. The zero-order valence-corrected chi connectivity index (χ0v) is 19.1. The fourth-order valence-electron chi connectivity index (χ4n) is 2.51. The Morgan fingerprint density at radius 3 is 2.46 bits per heavy atom. The van der Waals surface area contributed by atoms with Crippen LogP contribution < -0.4 is 20.1 Å². The molecule has 0 radical (unpaired) electrons. The van der Waals surface area contributed by atoms with Crippen molar-refractivity contribution in [2.45, 2.75) is 34.1 Å². The predicted molar refractivity (Wildman–Crippen MR) is 122 cm³/mol. The molecule has 0 fully saturated rings. The maximum Gasteiger partial charge on any atom is 0.195 e. The van der Waals surface area contributed by atoms with Gasteiger partial charge in [0.2, 0.25) is 0 Å². The standard InChI is InChI=1S/C19H34N4O2.HI/c1-6-13-23(8-3)14-12-21-19(20-7-2)22-16-10-11-17(25-9-4)18(15-16)24-5;/h10-11,15H,6-9,12-14H2,1-5H3,(H2,20,21,22);1H. The molecule has 26 heavy (non-hydrogen) atoms. The van der Waals surface area contributed by atoms with E-state index in [-0.39, 0.29) is 24.0 Å². The molecule has 1 aromatic carbocycles. The molecule has 0 amide bonds. The molecule has 6 nitrogen and oxygen atoms in total. The molecule has 1 rings (SSSR count). The third-order valence-corrected chi connectivity index (χ3v) is 3.74. The molecular formula is C19H35IN4O2. The lowest BCUT2D eigenvalue weighted by atomic mass is 10.2. The number of anilines is 1. The lowest BCUT2D eigenvalue weighted by molar-refractivity contribution is 0.297. The number of aliphatic imine (C=N–C) groups is 1. The molecule has 7 heteroatoms. The maximum absolute atomic E-state index is 5.56. The van der Waals surface area contributed by atoms with Gasteiger partial charge in [-0.05, 0) is 45.5 Å². The zero-order valence-electron chi connectivity index (χ0n) is 16.8. The number of likely N-dealkylation sites (N-methyl/N-ethyl adjacent to an activating group) is 1. The van der Waals surface area contributed by atoms with Gasteiger partial charge in [0.05, 0.1) is 20.3 Å². The molecule has 0 aliphatic rings. The second-order valence-corrected chi connectivity index (χ2v) is 5.62. The van der Waals surface area contributed by atoms with Crippen LogP contribution in [0.4, 0.5) is 5.69 Å². The van der Waals surface area contributed by atoms with E-state index in [1.54, 1.807) is 7.11 Å². The Morgan fingerprint density at radius 1 is 1.12 bits per heavy atom. The van der Waals surface area contributed by atoms with Crippen molar-refractivity contribution in [3.05, 3.63) is 18.2 Å². The van der Waals surface area contributed by atoms with E-state index in [1.165, 1.54) is 6.42 Å². The Morgan fingerprint density at radius 2 is 1.88 bits per heavy atom. The minimum Gasteiger partial charge on any atom is -0.493 e. The largest absolute Gasteiger partial charge is 0.493 e. The van der Waals surface area contributed by atoms with Gasteiger partial charge in [-0.2, -0.15) is 0 Å². The summed E-state index contributed by atoms with van der Waals surface area (Å²) in [6, 6.07) is 5.80. The Kier molecular flexibility index (Phi) is 14.2. The molecule has 0 spiro atoms. The van der Waals surface area contributed by atoms with Crippen LogP contribution in [0.15, 0.2) is 23.2 Å². The topological polar surface area (TPSA) is 58.1 Å². The van der Waals surface area contributed by atoms with Crippen LogP contribution in [0.2, 0.25) is 0 Å². The maximum atomic E-state index is 5.56. The number of hydrogen-bond acceptors (Lipinski definition) is 4. The molecule has 0 aromatic heterocycles. The molecule has 1 aromatic rings. The van der Waals surface area contributed by atoms with Gasteiger partial charge < -0.3 is 25.0 Å². The minimum atomic E-state index is 0. The van der Waals surface area contributed by atoms with Gasteiger partial charge in [-0.1, -0.05) is 13.8 Å². The van der Waals surface area contributed by atoms with Crippen LogP contribution in [0.25, 0.3) is 0 Å². The number of ether oxygens (including phenoxy) is 2. The summed E-state index contributed by atoms with van der Waals surface area (Å²) < 4.78 is 11.0. The van der Waals surface area contributed by atoms with Gasteiger partial charge in [0.25, 0.3) is 0 Å². The molecule has 0 aliphatic carbocycles. The van der Waals surface area contributed by atoms with Crippen molar-refractivity contribution in [3.63, 3.8) is 0 Å². The highest BCUT2D eigenvalue weighted by Gasteiger charge is 2.07. The SMILES string of the molecule is CCCN(CC)CCN=C(NCC)Nc1ccc(OCC)c(OC)c1.I. The number of halogens is 1. The van der Waals surface area contributed by atoms with E-state index in [0.717, 1.165) is 50.1 Å². The van der Waals surface area contributed by atoms with E-state index in [2.05, 4.69) is 41.3 Å². The lowest BCUT2D eigenvalue weighted by Crippen LogP contribution is -2.32. The van der Waals surface area contributed by atoms with Gasteiger partial charge >= 0.3 is 0 Å². The fraction of sp³-hybridized carbons (Fsp3) is 0.632. The highest BCUT2D eigenvalue weighted by molar-refractivity contribution is 14.0. The van der Waals surface area contributed by atoms with Gasteiger partial charge in [-0.15, -0.1) is 24.0 Å². The third kappa shape index (κ3) is 8.93. The summed E-state index contributed by atoms with van der Waals surface area (Å²) in [6.45, 7) is 13.7. The van der Waals surface area contributed by atoms with Gasteiger partial charge in [0.15, 0.2) is 17.5 Å². The first-order valence-corrected chi connectivity index (χ1v) is 9.26. The Bertz CT molecular complexity index is 526. The molecule has 0 unspecified atom stereocenters. The second kappa shape index (κ2) is 14.9. The number of methoxy groups -OCH3 is 1. The number of rotatable bonds is 11. The van der Waals surface area contributed by atoms with Crippen LogP contribution in [0.3, 0.4) is 0 Å². The summed E-state index contributed by atoms with van der Waals surface area (Å²) in [5.41, 5.74) is 0.918. The van der Waals surface area contributed by atoms with Crippen LogP contribution in [-0.4, -0.2) is 57.3 Å². The smallest absolute Gasteiger partial charge is 0.195 e. The van der Waals surface area contributed by atoms with Crippen LogP contribution in [-0.2, 0) is 0 Å². The molecule has 150 valence electrons. The number of hydrogen-bond donors (Lipinski definition) is 2. The predicted octanol–water partition coefficient (Wildman–Crippen LogP) is 3.82. The first kappa shape index (κ1) is 24.8. The summed E-state index contributed by atoms with van der Waals surface area (Å²) in [4.78, 5) is 7.08.